The lowest BCUT2D eigenvalue weighted by atomic mass is 10.0. The number of hydrogen-bond donors (Lipinski definition) is 1. The predicted molar refractivity (Wildman–Crippen MR) is 64.5 cm³/mol. The second-order valence-corrected chi connectivity index (χ2v) is 5.60. The maximum absolute atomic E-state index is 12.2. The third kappa shape index (κ3) is 2.62. The number of piperidine rings is 1. The lowest BCUT2D eigenvalue weighted by Gasteiger charge is -2.30. The van der Waals surface area contributed by atoms with E-state index in [0.29, 0.717) is 0 Å². The third-order valence-electron chi connectivity index (χ3n) is 3.23. The predicted octanol–water partition coefficient (Wildman–Crippen LogP) is 0.987. The summed E-state index contributed by atoms with van der Waals surface area (Å²) in [6.07, 6.45) is 3.22. The van der Waals surface area contributed by atoms with Crippen LogP contribution in [0.3, 0.4) is 0 Å². The van der Waals surface area contributed by atoms with Gasteiger partial charge in [-0.05, 0) is 19.3 Å². The van der Waals surface area contributed by atoms with Gasteiger partial charge in [-0.2, -0.15) is 0 Å². The minimum atomic E-state index is -0.558. The SMILES string of the molecule is C[C@H](C(=O)N1CCCCC1)[C@H]1SC(=O)NC1=O. The van der Waals surface area contributed by atoms with E-state index in [4.69, 9.17) is 0 Å². The van der Waals surface area contributed by atoms with Crippen molar-refractivity contribution in [3.8, 4) is 0 Å². The minimum absolute atomic E-state index is 0.00736. The molecule has 0 unspecified atom stereocenters. The van der Waals surface area contributed by atoms with Crippen molar-refractivity contribution in [3.63, 3.8) is 0 Å². The highest BCUT2D eigenvalue weighted by Crippen LogP contribution is 2.27. The zero-order valence-electron chi connectivity index (χ0n) is 9.77. The van der Waals surface area contributed by atoms with Gasteiger partial charge in [-0.3, -0.25) is 19.7 Å². The number of nitrogens with zero attached hydrogens (tertiary/aromatic N) is 1. The van der Waals surface area contributed by atoms with Gasteiger partial charge in [-0.15, -0.1) is 0 Å². The summed E-state index contributed by atoms with van der Waals surface area (Å²) in [5.74, 6) is -0.769. The number of amides is 3. The summed E-state index contributed by atoms with van der Waals surface area (Å²) in [5, 5.41) is 1.31. The smallest absolute Gasteiger partial charge is 0.286 e. The molecule has 0 aliphatic carbocycles. The van der Waals surface area contributed by atoms with Gasteiger partial charge in [-0.1, -0.05) is 18.7 Å². The fourth-order valence-electron chi connectivity index (χ4n) is 2.23. The Morgan fingerprint density at radius 3 is 2.53 bits per heavy atom. The molecule has 0 bridgehead atoms. The molecule has 0 saturated carbocycles. The first-order valence-corrected chi connectivity index (χ1v) is 6.78. The van der Waals surface area contributed by atoms with E-state index < -0.39 is 11.2 Å². The summed E-state index contributed by atoms with van der Waals surface area (Å²) in [6, 6.07) is 0. The molecule has 0 aromatic carbocycles. The highest BCUT2D eigenvalue weighted by Gasteiger charge is 2.40. The lowest BCUT2D eigenvalue weighted by Crippen LogP contribution is -2.43. The molecule has 0 radical (unpaired) electrons. The van der Waals surface area contributed by atoms with Crippen LogP contribution >= 0.6 is 11.8 Å². The van der Waals surface area contributed by atoms with Crippen LogP contribution in [0.2, 0.25) is 0 Å². The number of nitrogens with one attached hydrogen (secondary N) is 1. The van der Waals surface area contributed by atoms with E-state index in [1.54, 1.807) is 6.92 Å². The summed E-state index contributed by atoms with van der Waals surface area (Å²) < 4.78 is 0. The molecule has 2 rings (SSSR count). The van der Waals surface area contributed by atoms with Crippen molar-refractivity contribution in [2.24, 2.45) is 5.92 Å². The summed E-state index contributed by atoms with van der Waals surface area (Å²) in [5.41, 5.74) is 0. The molecule has 17 heavy (non-hydrogen) atoms. The minimum Gasteiger partial charge on any atom is -0.342 e. The molecule has 5 nitrogen and oxygen atoms in total. The van der Waals surface area contributed by atoms with Gasteiger partial charge in [0, 0.05) is 13.1 Å². The van der Waals surface area contributed by atoms with Crippen LogP contribution in [0, 0.1) is 5.92 Å². The van der Waals surface area contributed by atoms with Crippen molar-refractivity contribution in [1.29, 1.82) is 0 Å². The van der Waals surface area contributed by atoms with Gasteiger partial charge in [0.2, 0.25) is 11.8 Å². The van der Waals surface area contributed by atoms with E-state index in [1.165, 1.54) is 0 Å². The van der Waals surface area contributed by atoms with Crippen LogP contribution in [0.1, 0.15) is 26.2 Å². The highest BCUT2D eigenvalue weighted by atomic mass is 32.2. The number of hydrogen-bond acceptors (Lipinski definition) is 4. The fourth-order valence-corrected chi connectivity index (χ4v) is 3.11. The summed E-state index contributed by atoms with van der Waals surface area (Å²) in [4.78, 5) is 36.5. The molecule has 3 amide bonds. The molecule has 6 heteroatoms. The second kappa shape index (κ2) is 5.08. The van der Waals surface area contributed by atoms with Gasteiger partial charge in [0.25, 0.3) is 5.24 Å². The number of rotatable bonds is 2. The van der Waals surface area contributed by atoms with Crippen LogP contribution in [-0.2, 0) is 9.59 Å². The molecular weight excluding hydrogens is 240 g/mol. The van der Waals surface area contributed by atoms with Gasteiger partial charge in [-0.25, -0.2) is 0 Å². The quantitative estimate of drug-likeness (QED) is 0.800. The van der Waals surface area contributed by atoms with Crippen LogP contribution in [0.25, 0.3) is 0 Å². The normalized spacial score (nSPS) is 26.9. The van der Waals surface area contributed by atoms with Crippen molar-refractivity contribution < 1.29 is 14.4 Å². The molecule has 2 aliphatic rings. The molecule has 0 aromatic heterocycles. The van der Waals surface area contributed by atoms with E-state index in [-0.39, 0.29) is 17.1 Å². The van der Waals surface area contributed by atoms with Crippen LogP contribution in [0.15, 0.2) is 0 Å². The number of imide groups is 1. The van der Waals surface area contributed by atoms with Gasteiger partial charge in [0.05, 0.1) is 5.92 Å². The third-order valence-corrected chi connectivity index (χ3v) is 4.42. The van der Waals surface area contributed by atoms with Crippen molar-refractivity contribution in [1.82, 2.24) is 10.2 Å². The molecule has 94 valence electrons. The lowest BCUT2D eigenvalue weighted by molar-refractivity contribution is -0.137. The van der Waals surface area contributed by atoms with Crippen molar-refractivity contribution in [2.75, 3.05) is 13.1 Å². The Kier molecular flexibility index (Phi) is 3.71. The van der Waals surface area contributed by atoms with E-state index in [2.05, 4.69) is 5.32 Å². The summed E-state index contributed by atoms with van der Waals surface area (Å²) in [6.45, 7) is 3.28. The Morgan fingerprint density at radius 1 is 1.35 bits per heavy atom. The Morgan fingerprint density at radius 2 is 2.00 bits per heavy atom. The first-order chi connectivity index (χ1) is 8.09. The first kappa shape index (κ1) is 12.4. The Labute approximate surface area is 104 Å². The Hall–Kier alpha value is -1.04. The number of thioether (sulfide) groups is 1. The average Bonchev–Trinajstić information content (AvgIpc) is 2.68. The molecular formula is C11H16N2O3S. The molecule has 2 atom stereocenters. The molecule has 2 saturated heterocycles. The fraction of sp³-hybridized carbons (Fsp3) is 0.727. The zero-order valence-corrected chi connectivity index (χ0v) is 10.6. The van der Waals surface area contributed by atoms with Crippen LogP contribution in [0.5, 0.6) is 0 Å². The monoisotopic (exact) mass is 256 g/mol. The van der Waals surface area contributed by atoms with E-state index in [9.17, 15) is 14.4 Å². The second-order valence-electron chi connectivity index (χ2n) is 4.49. The van der Waals surface area contributed by atoms with Gasteiger partial charge < -0.3 is 4.90 Å². The van der Waals surface area contributed by atoms with Crippen LogP contribution in [-0.4, -0.2) is 40.3 Å². The largest absolute Gasteiger partial charge is 0.342 e. The molecule has 2 fully saturated rings. The summed E-state index contributed by atoms with van der Waals surface area (Å²) in [7, 11) is 0. The van der Waals surface area contributed by atoms with Crippen molar-refractivity contribution in [2.45, 2.75) is 31.4 Å². The molecule has 1 N–H and O–H groups in total. The average molecular weight is 256 g/mol. The highest BCUT2D eigenvalue weighted by molar-refractivity contribution is 8.15. The number of carbonyl (C=O) groups excluding carboxylic acids is 3. The first-order valence-electron chi connectivity index (χ1n) is 5.90. The van der Waals surface area contributed by atoms with E-state index >= 15 is 0 Å². The molecule has 0 aromatic rings. The zero-order chi connectivity index (χ0) is 12.4. The molecule has 2 heterocycles. The standard InChI is InChI=1S/C11H16N2O3S/c1-7(8-9(14)12-11(16)17-8)10(15)13-5-3-2-4-6-13/h7-8H,2-6H2,1H3,(H,12,14,16)/t7-,8+/m0/s1. The maximum Gasteiger partial charge on any atom is 0.286 e. The maximum atomic E-state index is 12.2. The van der Waals surface area contributed by atoms with E-state index in [0.717, 1.165) is 44.1 Å². The van der Waals surface area contributed by atoms with Crippen LogP contribution < -0.4 is 5.32 Å². The van der Waals surface area contributed by atoms with E-state index in [1.807, 2.05) is 4.90 Å². The Balaban J connectivity index is 1.98. The molecule has 0 spiro atoms. The molecule has 2 aliphatic heterocycles. The number of carbonyl (C=O) groups is 3. The van der Waals surface area contributed by atoms with Gasteiger partial charge in [0.1, 0.15) is 5.25 Å². The number of likely N-dealkylation sites (tertiary alicyclic amines) is 1. The van der Waals surface area contributed by atoms with Crippen LogP contribution in [0.4, 0.5) is 4.79 Å². The van der Waals surface area contributed by atoms with Crippen molar-refractivity contribution >= 4 is 28.8 Å². The summed E-state index contributed by atoms with van der Waals surface area (Å²) >= 11 is 0.927. The van der Waals surface area contributed by atoms with Crippen molar-refractivity contribution in [3.05, 3.63) is 0 Å². The topological polar surface area (TPSA) is 66.5 Å². The Bertz CT molecular complexity index is 353. The van der Waals surface area contributed by atoms with Gasteiger partial charge >= 0.3 is 0 Å². The van der Waals surface area contributed by atoms with Gasteiger partial charge in [0.15, 0.2) is 0 Å².